The lowest BCUT2D eigenvalue weighted by atomic mass is 10.2. The SMILES string of the molecule is COC(=O)c1ccc(NC(=O)c2cc(C)nc(Nc3ccc(Cl)cc3)n2)cc1. The molecule has 2 N–H and O–H groups in total. The third kappa shape index (κ3) is 4.83. The smallest absolute Gasteiger partial charge is 0.337 e. The zero-order valence-corrected chi connectivity index (χ0v) is 15.9. The topological polar surface area (TPSA) is 93.2 Å². The molecule has 0 unspecified atom stereocenters. The molecule has 0 fully saturated rings. The fourth-order valence-corrected chi connectivity index (χ4v) is 2.53. The largest absolute Gasteiger partial charge is 0.465 e. The van der Waals surface area contributed by atoms with Crippen LogP contribution in [0.25, 0.3) is 0 Å². The van der Waals surface area contributed by atoms with Gasteiger partial charge in [-0.25, -0.2) is 14.8 Å². The molecule has 0 aliphatic heterocycles. The van der Waals surface area contributed by atoms with Gasteiger partial charge in [0.2, 0.25) is 5.95 Å². The number of halogens is 1. The van der Waals surface area contributed by atoms with Gasteiger partial charge in [0.05, 0.1) is 12.7 Å². The Kier molecular flexibility index (Phi) is 5.86. The minimum absolute atomic E-state index is 0.209. The molecule has 0 atom stereocenters. The van der Waals surface area contributed by atoms with Gasteiger partial charge in [-0.2, -0.15) is 0 Å². The first-order valence-corrected chi connectivity index (χ1v) is 8.70. The molecular formula is C20H17ClN4O3. The Morgan fingerprint density at radius 2 is 1.61 bits per heavy atom. The van der Waals surface area contributed by atoms with Gasteiger partial charge in [-0.05, 0) is 61.5 Å². The Hall–Kier alpha value is -3.45. The lowest BCUT2D eigenvalue weighted by Crippen LogP contribution is -2.15. The number of nitrogens with zero attached hydrogens (tertiary/aromatic N) is 2. The summed E-state index contributed by atoms with van der Waals surface area (Å²) < 4.78 is 4.65. The Labute approximate surface area is 166 Å². The summed E-state index contributed by atoms with van der Waals surface area (Å²) in [6.45, 7) is 1.77. The Morgan fingerprint density at radius 3 is 2.25 bits per heavy atom. The highest BCUT2D eigenvalue weighted by atomic mass is 35.5. The number of benzene rings is 2. The monoisotopic (exact) mass is 396 g/mol. The van der Waals surface area contributed by atoms with Crippen LogP contribution in [0.3, 0.4) is 0 Å². The third-order valence-corrected chi connectivity index (χ3v) is 4.00. The van der Waals surface area contributed by atoms with Crippen LogP contribution >= 0.6 is 11.6 Å². The number of nitrogens with one attached hydrogen (secondary N) is 2. The zero-order chi connectivity index (χ0) is 20.1. The summed E-state index contributed by atoms with van der Waals surface area (Å²) in [4.78, 5) is 32.6. The number of aryl methyl sites for hydroxylation is 1. The van der Waals surface area contributed by atoms with Gasteiger partial charge in [0.15, 0.2) is 0 Å². The summed E-state index contributed by atoms with van der Waals surface area (Å²) in [6, 6.07) is 15.0. The second-order valence-electron chi connectivity index (χ2n) is 5.87. The van der Waals surface area contributed by atoms with Gasteiger partial charge in [0.25, 0.3) is 5.91 Å². The first-order chi connectivity index (χ1) is 13.4. The summed E-state index contributed by atoms with van der Waals surface area (Å²) in [6.07, 6.45) is 0. The van der Waals surface area contributed by atoms with Crippen LogP contribution in [0.2, 0.25) is 5.02 Å². The lowest BCUT2D eigenvalue weighted by Gasteiger charge is -2.09. The van der Waals surface area contributed by atoms with Crippen molar-refractivity contribution in [2.45, 2.75) is 6.92 Å². The van der Waals surface area contributed by atoms with Gasteiger partial charge in [-0.15, -0.1) is 0 Å². The molecular weight excluding hydrogens is 380 g/mol. The maximum atomic E-state index is 12.6. The van der Waals surface area contributed by atoms with E-state index in [1.54, 1.807) is 61.5 Å². The summed E-state index contributed by atoms with van der Waals surface area (Å²) in [5.74, 6) is -0.536. The van der Waals surface area contributed by atoms with E-state index in [0.717, 1.165) is 5.69 Å². The molecule has 0 radical (unpaired) electrons. The average molecular weight is 397 g/mol. The summed E-state index contributed by atoms with van der Waals surface area (Å²) in [5.41, 5.74) is 2.52. The summed E-state index contributed by atoms with van der Waals surface area (Å²) in [5, 5.41) is 6.41. The molecule has 0 spiro atoms. The highest BCUT2D eigenvalue weighted by molar-refractivity contribution is 6.30. The predicted octanol–water partition coefficient (Wildman–Crippen LogP) is 4.22. The van der Waals surface area contributed by atoms with Crippen molar-refractivity contribution in [3.63, 3.8) is 0 Å². The molecule has 3 aromatic rings. The molecule has 0 bridgehead atoms. The van der Waals surface area contributed by atoms with Crippen LogP contribution in [0.5, 0.6) is 0 Å². The van der Waals surface area contributed by atoms with Crippen molar-refractivity contribution in [2.24, 2.45) is 0 Å². The standard InChI is InChI=1S/C20H17ClN4O3/c1-12-11-17(25-20(22-12)24-16-9-5-14(21)6-10-16)18(26)23-15-7-3-13(4-8-15)19(27)28-2/h3-11H,1-2H3,(H,23,26)(H,22,24,25). The van der Waals surface area contributed by atoms with E-state index in [-0.39, 0.29) is 5.69 Å². The molecule has 8 heteroatoms. The van der Waals surface area contributed by atoms with Crippen molar-refractivity contribution >= 4 is 40.8 Å². The second kappa shape index (κ2) is 8.49. The van der Waals surface area contributed by atoms with Crippen LogP contribution in [0.1, 0.15) is 26.5 Å². The highest BCUT2D eigenvalue weighted by Crippen LogP contribution is 2.18. The highest BCUT2D eigenvalue weighted by Gasteiger charge is 2.12. The van der Waals surface area contributed by atoms with Gasteiger partial charge < -0.3 is 15.4 Å². The fourth-order valence-electron chi connectivity index (χ4n) is 2.41. The van der Waals surface area contributed by atoms with Crippen molar-refractivity contribution in [3.8, 4) is 0 Å². The molecule has 0 saturated carbocycles. The quantitative estimate of drug-likeness (QED) is 0.627. The van der Waals surface area contributed by atoms with Crippen LogP contribution in [0.4, 0.5) is 17.3 Å². The van der Waals surface area contributed by atoms with E-state index in [1.807, 2.05) is 0 Å². The summed E-state index contributed by atoms with van der Waals surface area (Å²) in [7, 11) is 1.31. The number of anilines is 3. The van der Waals surface area contributed by atoms with Crippen molar-refractivity contribution in [2.75, 3.05) is 17.7 Å². The van der Waals surface area contributed by atoms with Gasteiger partial charge in [0, 0.05) is 22.1 Å². The molecule has 7 nitrogen and oxygen atoms in total. The predicted molar refractivity (Wildman–Crippen MR) is 107 cm³/mol. The molecule has 0 aliphatic rings. The third-order valence-electron chi connectivity index (χ3n) is 3.75. The van der Waals surface area contributed by atoms with E-state index in [4.69, 9.17) is 11.6 Å². The maximum absolute atomic E-state index is 12.6. The maximum Gasteiger partial charge on any atom is 0.337 e. The second-order valence-corrected chi connectivity index (χ2v) is 6.31. The van der Waals surface area contributed by atoms with E-state index in [9.17, 15) is 9.59 Å². The van der Waals surface area contributed by atoms with Crippen LogP contribution in [-0.2, 0) is 4.74 Å². The average Bonchev–Trinajstić information content (AvgIpc) is 2.69. The molecule has 2 aromatic carbocycles. The molecule has 3 rings (SSSR count). The Balaban J connectivity index is 1.75. The number of hydrogen-bond acceptors (Lipinski definition) is 6. The zero-order valence-electron chi connectivity index (χ0n) is 15.2. The normalized spacial score (nSPS) is 10.2. The van der Waals surface area contributed by atoms with Gasteiger partial charge >= 0.3 is 5.97 Å². The van der Waals surface area contributed by atoms with E-state index in [0.29, 0.717) is 27.9 Å². The first kappa shape index (κ1) is 19.3. The van der Waals surface area contributed by atoms with Crippen molar-refractivity contribution < 1.29 is 14.3 Å². The van der Waals surface area contributed by atoms with E-state index < -0.39 is 11.9 Å². The molecule has 142 valence electrons. The molecule has 0 aliphatic carbocycles. The number of amides is 1. The minimum Gasteiger partial charge on any atom is -0.465 e. The van der Waals surface area contributed by atoms with Gasteiger partial charge in [0.1, 0.15) is 5.69 Å². The van der Waals surface area contributed by atoms with Gasteiger partial charge in [-0.1, -0.05) is 11.6 Å². The van der Waals surface area contributed by atoms with E-state index >= 15 is 0 Å². The van der Waals surface area contributed by atoms with Crippen molar-refractivity contribution in [1.29, 1.82) is 0 Å². The Bertz CT molecular complexity index is 1000. The first-order valence-electron chi connectivity index (χ1n) is 8.32. The molecule has 1 aromatic heterocycles. The summed E-state index contributed by atoms with van der Waals surface area (Å²) >= 11 is 5.88. The number of carbonyl (C=O) groups is 2. The van der Waals surface area contributed by atoms with Crippen molar-refractivity contribution in [3.05, 3.63) is 76.6 Å². The molecule has 1 amide bonds. The van der Waals surface area contributed by atoms with E-state index in [1.165, 1.54) is 7.11 Å². The van der Waals surface area contributed by atoms with Crippen LogP contribution in [-0.4, -0.2) is 29.0 Å². The van der Waals surface area contributed by atoms with Crippen LogP contribution in [0.15, 0.2) is 54.6 Å². The molecule has 28 heavy (non-hydrogen) atoms. The number of esters is 1. The number of aromatic nitrogens is 2. The van der Waals surface area contributed by atoms with Crippen LogP contribution < -0.4 is 10.6 Å². The lowest BCUT2D eigenvalue weighted by molar-refractivity contribution is 0.0600. The minimum atomic E-state index is -0.442. The number of rotatable bonds is 5. The number of carbonyl (C=O) groups excluding carboxylic acids is 2. The molecule has 1 heterocycles. The number of methoxy groups -OCH3 is 1. The van der Waals surface area contributed by atoms with Crippen LogP contribution in [0, 0.1) is 6.92 Å². The van der Waals surface area contributed by atoms with E-state index in [2.05, 4.69) is 25.3 Å². The molecule has 0 saturated heterocycles. The van der Waals surface area contributed by atoms with Crippen molar-refractivity contribution in [1.82, 2.24) is 9.97 Å². The Morgan fingerprint density at radius 1 is 0.964 bits per heavy atom. The number of hydrogen-bond donors (Lipinski definition) is 2. The number of ether oxygens (including phenoxy) is 1. The fraction of sp³-hybridized carbons (Fsp3) is 0.100. The van der Waals surface area contributed by atoms with Gasteiger partial charge in [-0.3, -0.25) is 4.79 Å².